The van der Waals surface area contributed by atoms with Crippen molar-refractivity contribution >= 4 is 11.9 Å². The van der Waals surface area contributed by atoms with Gasteiger partial charge in [-0.1, -0.05) is 12.7 Å². The quantitative estimate of drug-likeness (QED) is 0.610. The second kappa shape index (κ2) is 4.97. The lowest BCUT2D eigenvalue weighted by molar-refractivity contribution is -0.138. The number of carbonyl (C=O) groups is 2. The fourth-order valence-corrected chi connectivity index (χ4v) is 0.806. The van der Waals surface area contributed by atoms with Gasteiger partial charge in [-0.2, -0.15) is 0 Å². The molecular formula is C8H11NO4. The fraction of sp³-hybridized carbons (Fsp3) is 0.250. The van der Waals surface area contributed by atoms with Crippen LogP contribution in [-0.2, 0) is 9.59 Å². The Morgan fingerprint density at radius 3 is 2.23 bits per heavy atom. The van der Waals surface area contributed by atoms with E-state index in [1.54, 1.807) is 0 Å². The van der Waals surface area contributed by atoms with Gasteiger partial charge in [0, 0.05) is 0 Å². The summed E-state index contributed by atoms with van der Waals surface area (Å²) in [6.45, 7) is 4.43. The number of rotatable bonds is 5. The average Bonchev–Trinajstić information content (AvgIpc) is 2.02. The van der Waals surface area contributed by atoms with Crippen molar-refractivity contribution < 1.29 is 19.8 Å². The van der Waals surface area contributed by atoms with Crippen molar-refractivity contribution in [3.63, 3.8) is 0 Å². The Kier molecular flexibility index (Phi) is 4.29. The minimum absolute atomic E-state index is 0.0996. The Morgan fingerprint density at radius 2 is 2.00 bits per heavy atom. The van der Waals surface area contributed by atoms with Crippen LogP contribution in [0.15, 0.2) is 24.6 Å². The van der Waals surface area contributed by atoms with Crippen LogP contribution in [0, 0.1) is 0 Å². The molecule has 2 N–H and O–H groups in total. The summed E-state index contributed by atoms with van der Waals surface area (Å²) in [6.07, 6.45) is 2.48. The summed E-state index contributed by atoms with van der Waals surface area (Å²) in [5.41, 5.74) is -0.0996. The van der Waals surface area contributed by atoms with Crippen LogP contribution in [-0.4, -0.2) is 33.6 Å². The number of carboxylic acids is 2. The third kappa shape index (κ3) is 3.42. The third-order valence-electron chi connectivity index (χ3n) is 1.33. The standard InChI is InChI=1S/C8H11NO4/c1-3-6(8(12)13)9(4-2)5-7(10)11/h3-4H,2,5H2,1H3,(H,10,11)(H,12,13)/b6-3-. The van der Waals surface area contributed by atoms with Crippen LogP contribution >= 0.6 is 0 Å². The molecule has 0 aromatic rings. The summed E-state index contributed by atoms with van der Waals surface area (Å²) in [4.78, 5) is 21.9. The molecule has 0 rings (SSSR count). The van der Waals surface area contributed by atoms with Gasteiger partial charge in [0.2, 0.25) is 0 Å². The number of aliphatic carboxylic acids is 2. The lowest BCUT2D eigenvalue weighted by Crippen LogP contribution is -2.27. The Labute approximate surface area is 75.6 Å². The molecule has 0 heterocycles. The minimum Gasteiger partial charge on any atom is -0.480 e. The van der Waals surface area contributed by atoms with Crippen molar-refractivity contribution in [1.82, 2.24) is 4.90 Å². The number of hydrogen-bond acceptors (Lipinski definition) is 3. The monoisotopic (exact) mass is 185 g/mol. The molecule has 0 spiro atoms. The highest BCUT2D eigenvalue weighted by Gasteiger charge is 2.15. The lowest BCUT2D eigenvalue weighted by atomic mass is 10.3. The van der Waals surface area contributed by atoms with Crippen molar-refractivity contribution in [3.05, 3.63) is 24.6 Å². The highest BCUT2D eigenvalue weighted by molar-refractivity contribution is 5.87. The number of hydrogen-bond donors (Lipinski definition) is 2. The van der Waals surface area contributed by atoms with Gasteiger partial charge in [0.1, 0.15) is 12.2 Å². The van der Waals surface area contributed by atoms with Gasteiger partial charge in [-0.05, 0) is 13.1 Å². The molecule has 72 valence electrons. The number of nitrogens with zero attached hydrogens (tertiary/aromatic N) is 1. The third-order valence-corrected chi connectivity index (χ3v) is 1.33. The smallest absolute Gasteiger partial charge is 0.352 e. The molecule has 0 saturated carbocycles. The molecular weight excluding hydrogens is 174 g/mol. The van der Waals surface area contributed by atoms with E-state index >= 15 is 0 Å². The molecule has 0 aliphatic heterocycles. The molecule has 5 nitrogen and oxygen atoms in total. The van der Waals surface area contributed by atoms with Gasteiger partial charge in [0.25, 0.3) is 0 Å². The molecule has 0 aromatic carbocycles. The lowest BCUT2D eigenvalue weighted by Gasteiger charge is -2.17. The van der Waals surface area contributed by atoms with E-state index in [1.165, 1.54) is 13.0 Å². The maximum Gasteiger partial charge on any atom is 0.352 e. The van der Waals surface area contributed by atoms with Crippen LogP contribution in [0.25, 0.3) is 0 Å². The average molecular weight is 185 g/mol. The number of carboxylic acid groups (broad SMARTS) is 2. The van der Waals surface area contributed by atoms with E-state index in [9.17, 15) is 9.59 Å². The first kappa shape index (κ1) is 11.2. The summed E-state index contributed by atoms with van der Waals surface area (Å²) in [5.74, 6) is -2.29. The Balaban J connectivity index is 4.64. The maximum absolute atomic E-state index is 10.6. The van der Waals surface area contributed by atoms with E-state index in [0.29, 0.717) is 0 Å². The topological polar surface area (TPSA) is 77.8 Å². The zero-order chi connectivity index (χ0) is 10.4. The second-order valence-corrected chi connectivity index (χ2v) is 2.18. The molecule has 0 fully saturated rings. The zero-order valence-electron chi connectivity index (χ0n) is 7.23. The summed E-state index contributed by atoms with van der Waals surface area (Å²) in [5, 5.41) is 17.1. The van der Waals surface area contributed by atoms with Crippen LogP contribution in [0.4, 0.5) is 0 Å². The Bertz CT molecular complexity index is 257. The van der Waals surface area contributed by atoms with Gasteiger partial charge in [-0.25, -0.2) is 4.79 Å². The van der Waals surface area contributed by atoms with Crippen LogP contribution in [0.2, 0.25) is 0 Å². The Hall–Kier alpha value is -1.78. The van der Waals surface area contributed by atoms with E-state index in [1.807, 2.05) is 0 Å². The van der Waals surface area contributed by atoms with Crippen LogP contribution in [0.5, 0.6) is 0 Å². The van der Waals surface area contributed by atoms with Gasteiger partial charge >= 0.3 is 11.9 Å². The van der Waals surface area contributed by atoms with Crippen LogP contribution in [0.3, 0.4) is 0 Å². The van der Waals surface area contributed by atoms with Crippen molar-refractivity contribution in [1.29, 1.82) is 0 Å². The SMILES string of the molecule is C=CN(CC(=O)O)/C(=C\C)C(=O)O. The molecule has 0 aliphatic rings. The van der Waals surface area contributed by atoms with Gasteiger partial charge in [-0.15, -0.1) is 0 Å². The second-order valence-electron chi connectivity index (χ2n) is 2.18. The van der Waals surface area contributed by atoms with Crippen LogP contribution < -0.4 is 0 Å². The molecule has 13 heavy (non-hydrogen) atoms. The van der Waals surface area contributed by atoms with Crippen molar-refractivity contribution in [3.8, 4) is 0 Å². The highest BCUT2D eigenvalue weighted by Crippen LogP contribution is 2.04. The molecule has 0 aliphatic carbocycles. The molecule has 0 atom stereocenters. The van der Waals surface area contributed by atoms with E-state index in [4.69, 9.17) is 10.2 Å². The van der Waals surface area contributed by atoms with E-state index < -0.39 is 18.5 Å². The van der Waals surface area contributed by atoms with Gasteiger partial charge in [0.05, 0.1) is 0 Å². The van der Waals surface area contributed by atoms with E-state index in [0.717, 1.165) is 11.1 Å². The molecule has 0 aromatic heterocycles. The van der Waals surface area contributed by atoms with Gasteiger partial charge in [-0.3, -0.25) is 4.79 Å². The van der Waals surface area contributed by atoms with Gasteiger partial charge in [0.15, 0.2) is 0 Å². The number of allylic oxidation sites excluding steroid dienone is 1. The summed E-state index contributed by atoms with van der Waals surface area (Å²) in [7, 11) is 0. The molecule has 0 saturated heterocycles. The predicted molar refractivity (Wildman–Crippen MR) is 45.9 cm³/mol. The van der Waals surface area contributed by atoms with E-state index in [2.05, 4.69) is 6.58 Å². The van der Waals surface area contributed by atoms with Crippen molar-refractivity contribution in [2.45, 2.75) is 6.92 Å². The molecule has 0 amide bonds. The largest absolute Gasteiger partial charge is 0.480 e. The highest BCUT2D eigenvalue weighted by atomic mass is 16.4. The summed E-state index contributed by atoms with van der Waals surface area (Å²) >= 11 is 0. The zero-order valence-corrected chi connectivity index (χ0v) is 7.23. The normalized spacial score (nSPS) is 10.7. The first-order valence-electron chi connectivity index (χ1n) is 3.53. The first-order valence-corrected chi connectivity index (χ1v) is 3.53. The van der Waals surface area contributed by atoms with Crippen molar-refractivity contribution in [2.75, 3.05) is 6.54 Å². The van der Waals surface area contributed by atoms with Gasteiger partial charge < -0.3 is 15.1 Å². The van der Waals surface area contributed by atoms with E-state index in [-0.39, 0.29) is 5.70 Å². The van der Waals surface area contributed by atoms with Crippen LogP contribution in [0.1, 0.15) is 6.92 Å². The predicted octanol–water partition coefficient (Wildman–Crippen LogP) is 0.505. The van der Waals surface area contributed by atoms with Crippen molar-refractivity contribution in [2.24, 2.45) is 0 Å². The fourth-order valence-electron chi connectivity index (χ4n) is 0.806. The minimum atomic E-state index is -1.18. The molecule has 0 bridgehead atoms. The maximum atomic E-state index is 10.6. The molecule has 5 heteroatoms. The Morgan fingerprint density at radius 1 is 1.46 bits per heavy atom. The molecule has 0 radical (unpaired) electrons. The first-order chi connectivity index (χ1) is 6.02. The molecule has 0 unspecified atom stereocenters. The summed E-state index contributed by atoms with van der Waals surface area (Å²) in [6, 6.07) is 0. The summed E-state index contributed by atoms with van der Waals surface area (Å²) < 4.78 is 0.